The van der Waals surface area contributed by atoms with Crippen LogP contribution in [0.25, 0.3) is 0 Å². The van der Waals surface area contributed by atoms with Crippen molar-refractivity contribution in [2.24, 2.45) is 0 Å². The van der Waals surface area contributed by atoms with E-state index in [9.17, 15) is 14.4 Å². The summed E-state index contributed by atoms with van der Waals surface area (Å²) in [5, 5.41) is 3.07. The number of carbonyl (C=O) groups is 3. The third-order valence-corrected chi connectivity index (χ3v) is 7.13. The van der Waals surface area contributed by atoms with Crippen LogP contribution >= 0.6 is 11.8 Å². The van der Waals surface area contributed by atoms with Gasteiger partial charge in [-0.05, 0) is 37.8 Å². The Hall–Kier alpha value is -2.22. The molecular formula is C22H29N3O4S. The van der Waals surface area contributed by atoms with Crippen LogP contribution in [-0.2, 0) is 14.3 Å². The normalized spacial score (nSPS) is 21.8. The topological polar surface area (TPSA) is 79.0 Å². The Morgan fingerprint density at radius 3 is 2.67 bits per heavy atom. The molecule has 1 aromatic rings. The molecule has 2 aliphatic heterocycles. The second-order valence-electron chi connectivity index (χ2n) is 8.11. The average molecular weight is 432 g/mol. The first-order valence-corrected chi connectivity index (χ1v) is 11.9. The molecule has 30 heavy (non-hydrogen) atoms. The summed E-state index contributed by atoms with van der Waals surface area (Å²) in [4.78, 5) is 42.4. The summed E-state index contributed by atoms with van der Waals surface area (Å²) in [7, 11) is 0. The van der Waals surface area contributed by atoms with E-state index in [0.29, 0.717) is 19.5 Å². The summed E-state index contributed by atoms with van der Waals surface area (Å²) in [6, 6.07) is 7.16. The number of fused-ring (bicyclic) bond motifs is 1. The Balaban J connectivity index is 1.31. The molecule has 162 valence electrons. The highest BCUT2D eigenvalue weighted by Crippen LogP contribution is 2.34. The number of hydrogen-bond acceptors (Lipinski definition) is 5. The maximum absolute atomic E-state index is 12.7. The molecule has 0 spiro atoms. The number of rotatable bonds is 4. The molecule has 2 heterocycles. The fourth-order valence-corrected chi connectivity index (χ4v) is 5.49. The van der Waals surface area contributed by atoms with Gasteiger partial charge in [0.15, 0.2) is 6.61 Å². The predicted molar refractivity (Wildman–Crippen MR) is 116 cm³/mol. The maximum Gasteiger partial charge on any atom is 0.329 e. The van der Waals surface area contributed by atoms with Gasteiger partial charge < -0.3 is 19.9 Å². The molecule has 3 aliphatic rings. The van der Waals surface area contributed by atoms with E-state index in [0.717, 1.165) is 48.4 Å². The number of ether oxygens (including phenoxy) is 1. The van der Waals surface area contributed by atoms with Crippen LogP contribution in [0.1, 0.15) is 44.9 Å². The molecule has 2 fully saturated rings. The molecule has 0 unspecified atom stereocenters. The van der Waals surface area contributed by atoms with E-state index in [1.165, 1.54) is 6.42 Å². The Bertz CT molecular complexity index is 796. The van der Waals surface area contributed by atoms with Crippen molar-refractivity contribution in [2.45, 2.75) is 61.9 Å². The van der Waals surface area contributed by atoms with E-state index in [2.05, 4.69) is 5.32 Å². The smallest absolute Gasteiger partial charge is 0.329 e. The van der Waals surface area contributed by atoms with E-state index in [1.54, 1.807) is 21.6 Å². The van der Waals surface area contributed by atoms with Crippen molar-refractivity contribution in [3.05, 3.63) is 24.3 Å². The number of nitrogens with one attached hydrogen (secondary N) is 1. The molecule has 1 atom stereocenters. The molecule has 0 radical (unpaired) electrons. The number of likely N-dealkylation sites (tertiary alicyclic amines) is 1. The third kappa shape index (κ3) is 4.74. The lowest BCUT2D eigenvalue weighted by atomic mass is 9.96. The number of amides is 3. The number of anilines is 1. The van der Waals surface area contributed by atoms with Gasteiger partial charge in [-0.3, -0.25) is 4.79 Å². The number of thioether (sulfide) groups is 1. The SMILES string of the molecule is O=C(OCC(=O)N1CCSc2ccccc21)[C@@H]1CCCN1C(=O)NC1CCCCC1. The van der Waals surface area contributed by atoms with E-state index in [4.69, 9.17) is 4.74 Å². The Morgan fingerprint density at radius 2 is 1.83 bits per heavy atom. The molecular weight excluding hydrogens is 402 g/mol. The average Bonchev–Trinajstić information content (AvgIpc) is 3.28. The predicted octanol–water partition coefficient (Wildman–Crippen LogP) is 3.18. The standard InChI is InChI=1S/C22H29N3O4S/c26-20(24-13-14-30-19-11-5-4-9-17(19)24)15-29-21(27)18-10-6-12-25(18)22(28)23-16-7-2-1-3-8-16/h4-5,9,11,16,18H,1-3,6-8,10,12-15H2,(H,23,28)/t18-/m0/s1. The first kappa shape index (κ1) is 21.0. The Kier molecular flexibility index (Phi) is 6.82. The van der Waals surface area contributed by atoms with Gasteiger partial charge in [0.1, 0.15) is 6.04 Å². The zero-order valence-electron chi connectivity index (χ0n) is 17.2. The van der Waals surface area contributed by atoms with Gasteiger partial charge in [0, 0.05) is 29.8 Å². The number of nitrogens with zero attached hydrogens (tertiary/aromatic N) is 2. The highest BCUT2D eigenvalue weighted by molar-refractivity contribution is 7.99. The maximum atomic E-state index is 12.7. The summed E-state index contributed by atoms with van der Waals surface area (Å²) < 4.78 is 5.37. The monoisotopic (exact) mass is 431 g/mol. The summed E-state index contributed by atoms with van der Waals surface area (Å²) in [6.45, 7) is 0.840. The van der Waals surface area contributed by atoms with E-state index >= 15 is 0 Å². The number of urea groups is 1. The van der Waals surface area contributed by atoms with Crippen molar-refractivity contribution in [2.75, 3.05) is 30.3 Å². The molecule has 1 N–H and O–H groups in total. The minimum atomic E-state index is -0.606. The van der Waals surface area contributed by atoms with Crippen LogP contribution in [0.3, 0.4) is 0 Å². The minimum absolute atomic E-state index is 0.186. The molecule has 1 saturated heterocycles. The van der Waals surface area contributed by atoms with E-state index in [-0.39, 0.29) is 24.6 Å². The quantitative estimate of drug-likeness (QED) is 0.741. The van der Waals surface area contributed by atoms with Gasteiger partial charge in [-0.2, -0.15) is 0 Å². The van der Waals surface area contributed by atoms with Gasteiger partial charge in [0.05, 0.1) is 5.69 Å². The molecule has 1 aromatic carbocycles. The fraction of sp³-hybridized carbons (Fsp3) is 0.591. The van der Waals surface area contributed by atoms with Crippen LogP contribution in [0.5, 0.6) is 0 Å². The summed E-state index contributed by atoms with van der Waals surface area (Å²) in [5.41, 5.74) is 0.865. The van der Waals surface area contributed by atoms with Gasteiger partial charge in [-0.15, -0.1) is 11.8 Å². The van der Waals surface area contributed by atoms with Crippen molar-refractivity contribution in [3.63, 3.8) is 0 Å². The summed E-state index contributed by atoms with van der Waals surface area (Å²) in [6.07, 6.45) is 6.83. The lowest BCUT2D eigenvalue weighted by molar-refractivity contribution is -0.151. The van der Waals surface area contributed by atoms with Gasteiger partial charge in [0.2, 0.25) is 0 Å². The molecule has 4 rings (SSSR count). The number of para-hydroxylation sites is 1. The van der Waals surface area contributed by atoms with Gasteiger partial charge in [0.25, 0.3) is 5.91 Å². The van der Waals surface area contributed by atoms with Crippen molar-refractivity contribution in [1.29, 1.82) is 0 Å². The molecule has 7 nitrogen and oxygen atoms in total. The van der Waals surface area contributed by atoms with Crippen LogP contribution in [0, 0.1) is 0 Å². The van der Waals surface area contributed by atoms with Crippen molar-refractivity contribution >= 4 is 35.4 Å². The number of hydrogen-bond donors (Lipinski definition) is 1. The Labute approximate surface area is 181 Å². The van der Waals surface area contributed by atoms with Gasteiger partial charge >= 0.3 is 12.0 Å². The van der Waals surface area contributed by atoms with E-state index < -0.39 is 12.0 Å². The highest BCUT2D eigenvalue weighted by Gasteiger charge is 2.36. The minimum Gasteiger partial charge on any atom is -0.454 e. The van der Waals surface area contributed by atoms with Gasteiger partial charge in [-0.1, -0.05) is 31.4 Å². The van der Waals surface area contributed by atoms with Gasteiger partial charge in [-0.25, -0.2) is 9.59 Å². The van der Waals surface area contributed by atoms with Crippen LogP contribution in [-0.4, -0.2) is 60.3 Å². The largest absolute Gasteiger partial charge is 0.454 e. The highest BCUT2D eigenvalue weighted by atomic mass is 32.2. The lowest BCUT2D eigenvalue weighted by Crippen LogP contribution is -2.50. The van der Waals surface area contributed by atoms with Crippen LogP contribution < -0.4 is 10.2 Å². The van der Waals surface area contributed by atoms with Crippen molar-refractivity contribution < 1.29 is 19.1 Å². The molecule has 1 aliphatic carbocycles. The molecule has 1 saturated carbocycles. The third-order valence-electron chi connectivity index (χ3n) is 6.09. The number of esters is 1. The summed E-state index contributed by atoms with van der Waals surface area (Å²) in [5.74, 6) is 0.0978. The summed E-state index contributed by atoms with van der Waals surface area (Å²) >= 11 is 1.72. The molecule has 3 amide bonds. The number of benzene rings is 1. The molecule has 0 aromatic heterocycles. The van der Waals surface area contributed by atoms with Crippen LogP contribution in [0.2, 0.25) is 0 Å². The van der Waals surface area contributed by atoms with Crippen molar-refractivity contribution in [3.8, 4) is 0 Å². The zero-order chi connectivity index (χ0) is 20.9. The second-order valence-corrected chi connectivity index (χ2v) is 9.24. The lowest BCUT2D eigenvalue weighted by Gasteiger charge is -2.30. The zero-order valence-corrected chi connectivity index (χ0v) is 18.0. The van der Waals surface area contributed by atoms with E-state index in [1.807, 2.05) is 24.3 Å². The molecule has 8 heteroatoms. The molecule has 0 bridgehead atoms. The fourth-order valence-electron chi connectivity index (χ4n) is 4.49. The number of carbonyl (C=O) groups excluding carboxylic acids is 3. The first-order valence-electron chi connectivity index (χ1n) is 10.9. The first-order chi connectivity index (χ1) is 14.6. The second kappa shape index (κ2) is 9.73. The van der Waals surface area contributed by atoms with Crippen LogP contribution in [0.15, 0.2) is 29.2 Å². The Morgan fingerprint density at radius 1 is 1.03 bits per heavy atom. The van der Waals surface area contributed by atoms with Crippen LogP contribution in [0.4, 0.5) is 10.5 Å². The van der Waals surface area contributed by atoms with Crippen molar-refractivity contribution in [1.82, 2.24) is 10.2 Å².